The van der Waals surface area contributed by atoms with Gasteiger partial charge < -0.3 is 20.1 Å². The summed E-state index contributed by atoms with van der Waals surface area (Å²) in [5, 5.41) is 6.03. The molecule has 5 nitrogen and oxygen atoms in total. The summed E-state index contributed by atoms with van der Waals surface area (Å²) >= 11 is 0. The van der Waals surface area contributed by atoms with Crippen molar-refractivity contribution in [1.29, 1.82) is 0 Å². The van der Waals surface area contributed by atoms with E-state index in [2.05, 4.69) is 17.2 Å². The Morgan fingerprint density at radius 2 is 1.43 bits per heavy atom. The first-order valence-corrected chi connectivity index (χ1v) is 9.77. The van der Waals surface area contributed by atoms with Gasteiger partial charge in [-0.2, -0.15) is 0 Å². The number of anilines is 2. The molecular weight excluding hydrogens is 376 g/mol. The van der Waals surface area contributed by atoms with Crippen molar-refractivity contribution in [1.82, 2.24) is 0 Å². The van der Waals surface area contributed by atoms with E-state index in [1.807, 2.05) is 85.8 Å². The Bertz CT molecular complexity index is 986. The average molecular weight is 402 g/mol. The number of amides is 1. The van der Waals surface area contributed by atoms with Gasteiger partial charge in [0.05, 0.1) is 17.9 Å². The molecule has 0 heterocycles. The third-order valence-corrected chi connectivity index (χ3v) is 4.20. The van der Waals surface area contributed by atoms with Gasteiger partial charge in [-0.3, -0.25) is 4.79 Å². The van der Waals surface area contributed by atoms with Gasteiger partial charge in [0.2, 0.25) is 5.91 Å². The maximum atomic E-state index is 12.5. The number of ether oxygens (including phenoxy) is 2. The van der Waals surface area contributed by atoms with E-state index in [-0.39, 0.29) is 12.5 Å². The summed E-state index contributed by atoms with van der Waals surface area (Å²) in [7, 11) is 0. The number of carbonyl (C=O) groups is 1. The standard InChI is InChI=1S/C25H26N2O3/c1-19(2)17-29-23-14-8-6-12-21(23)26-16-25(28)27-22-13-7-9-15-24(22)30-18-20-10-4-3-5-11-20/h3-15,26H,1,16-18H2,2H3,(H,27,28). The maximum absolute atomic E-state index is 12.5. The van der Waals surface area contributed by atoms with Gasteiger partial charge >= 0.3 is 0 Å². The highest BCUT2D eigenvalue weighted by Crippen LogP contribution is 2.26. The van der Waals surface area contributed by atoms with Crippen molar-refractivity contribution in [2.45, 2.75) is 13.5 Å². The molecular formula is C25H26N2O3. The molecule has 0 bridgehead atoms. The molecule has 30 heavy (non-hydrogen) atoms. The smallest absolute Gasteiger partial charge is 0.243 e. The monoisotopic (exact) mass is 402 g/mol. The van der Waals surface area contributed by atoms with Crippen LogP contribution in [0.15, 0.2) is 91.0 Å². The van der Waals surface area contributed by atoms with E-state index in [1.165, 1.54) is 0 Å². The third kappa shape index (κ3) is 6.41. The van der Waals surface area contributed by atoms with Crippen molar-refractivity contribution in [3.8, 4) is 11.5 Å². The van der Waals surface area contributed by atoms with Gasteiger partial charge in [0, 0.05) is 0 Å². The number of rotatable bonds is 10. The van der Waals surface area contributed by atoms with Gasteiger partial charge in [0.1, 0.15) is 24.7 Å². The van der Waals surface area contributed by atoms with Crippen LogP contribution in [0, 0.1) is 0 Å². The lowest BCUT2D eigenvalue weighted by molar-refractivity contribution is -0.114. The van der Waals surface area contributed by atoms with Crippen molar-refractivity contribution in [2.75, 3.05) is 23.8 Å². The fraction of sp³-hybridized carbons (Fsp3) is 0.160. The largest absolute Gasteiger partial charge is 0.487 e. The van der Waals surface area contributed by atoms with Crippen LogP contribution in [0.3, 0.4) is 0 Å². The molecule has 0 saturated heterocycles. The fourth-order valence-corrected chi connectivity index (χ4v) is 2.74. The molecule has 0 atom stereocenters. The van der Waals surface area contributed by atoms with E-state index in [4.69, 9.17) is 9.47 Å². The topological polar surface area (TPSA) is 59.6 Å². The van der Waals surface area contributed by atoms with E-state index >= 15 is 0 Å². The molecule has 5 heteroatoms. The fourth-order valence-electron chi connectivity index (χ4n) is 2.74. The molecule has 0 unspecified atom stereocenters. The van der Waals surface area contributed by atoms with Crippen molar-refractivity contribution in [3.05, 3.63) is 96.6 Å². The first-order chi connectivity index (χ1) is 14.6. The molecule has 0 radical (unpaired) electrons. The van der Waals surface area contributed by atoms with Crippen LogP contribution in [0.2, 0.25) is 0 Å². The molecule has 3 aromatic rings. The molecule has 3 rings (SSSR count). The van der Waals surface area contributed by atoms with Crippen LogP contribution in [0.4, 0.5) is 11.4 Å². The predicted molar refractivity (Wildman–Crippen MR) is 121 cm³/mol. The molecule has 0 aliphatic rings. The molecule has 3 aromatic carbocycles. The Kier molecular flexibility index (Phi) is 7.50. The van der Waals surface area contributed by atoms with E-state index in [0.717, 1.165) is 16.8 Å². The normalized spacial score (nSPS) is 10.2. The summed E-state index contributed by atoms with van der Waals surface area (Å²) < 4.78 is 11.6. The number of para-hydroxylation sites is 4. The van der Waals surface area contributed by atoms with Crippen LogP contribution in [0.1, 0.15) is 12.5 Å². The zero-order valence-corrected chi connectivity index (χ0v) is 17.1. The number of hydrogen-bond acceptors (Lipinski definition) is 4. The average Bonchev–Trinajstić information content (AvgIpc) is 2.77. The lowest BCUT2D eigenvalue weighted by Gasteiger charge is -2.15. The van der Waals surface area contributed by atoms with E-state index in [9.17, 15) is 4.79 Å². The summed E-state index contributed by atoms with van der Waals surface area (Å²) in [5.41, 5.74) is 3.37. The number of carbonyl (C=O) groups excluding carboxylic acids is 1. The minimum atomic E-state index is -0.180. The molecule has 2 N–H and O–H groups in total. The van der Waals surface area contributed by atoms with Crippen LogP contribution >= 0.6 is 0 Å². The first kappa shape index (κ1) is 21.0. The SMILES string of the molecule is C=C(C)COc1ccccc1NCC(=O)Nc1ccccc1OCc1ccccc1. The van der Waals surface area contributed by atoms with Crippen LogP contribution in [0.5, 0.6) is 11.5 Å². The van der Waals surface area contributed by atoms with Gasteiger partial charge in [-0.1, -0.05) is 61.2 Å². The second kappa shape index (κ2) is 10.7. The molecule has 0 saturated carbocycles. The predicted octanol–water partition coefficient (Wildman–Crippen LogP) is 5.27. The lowest BCUT2D eigenvalue weighted by Crippen LogP contribution is -2.22. The highest BCUT2D eigenvalue weighted by molar-refractivity contribution is 5.95. The van der Waals surface area contributed by atoms with Crippen LogP contribution in [-0.4, -0.2) is 19.1 Å². The molecule has 154 valence electrons. The maximum Gasteiger partial charge on any atom is 0.243 e. The summed E-state index contributed by atoms with van der Waals surface area (Å²) in [4.78, 5) is 12.5. The van der Waals surface area contributed by atoms with Gasteiger partial charge in [0.15, 0.2) is 0 Å². The van der Waals surface area contributed by atoms with Gasteiger partial charge in [-0.15, -0.1) is 0 Å². The Morgan fingerprint density at radius 1 is 0.833 bits per heavy atom. The Labute approximate surface area is 177 Å². The van der Waals surface area contributed by atoms with Crippen molar-refractivity contribution >= 4 is 17.3 Å². The minimum Gasteiger partial charge on any atom is -0.487 e. The molecule has 0 aromatic heterocycles. The van der Waals surface area contributed by atoms with Gasteiger partial charge in [0.25, 0.3) is 0 Å². The lowest BCUT2D eigenvalue weighted by atomic mass is 10.2. The zero-order valence-electron chi connectivity index (χ0n) is 17.1. The van der Waals surface area contributed by atoms with E-state index in [1.54, 1.807) is 0 Å². The van der Waals surface area contributed by atoms with Gasteiger partial charge in [-0.05, 0) is 42.3 Å². The van der Waals surface area contributed by atoms with Crippen molar-refractivity contribution in [3.63, 3.8) is 0 Å². The summed E-state index contributed by atoms with van der Waals surface area (Å²) in [6.45, 7) is 6.70. The second-order valence-electron chi connectivity index (χ2n) is 6.91. The van der Waals surface area contributed by atoms with Crippen molar-refractivity contribution < 1.29 is 14.3 Å². The third-order valence-electron chi connectivity index (χ3n) is 4.20. The highest BCUT2D eigenvalue weighted by atomic mass is 16.5. The van der Waals surface area contributed by atoms with E-state index < -0.39 is 0 Å². The number of hydrogen-bond donors (Lipinski definition) is 2. The van der Waals surface area contributed by atoms with Crippen LogP contribution in [0.25, 0.3) is 0 Å². The Balaban J connectivity index is 1.57. The van der Waals surface area contributed by atoms with Crippen molar-refractivity contribution in [2.24, 2.45) is 0 Å². The van der Waals surface area contributed by atoms with Gasteiger partial charge in [-0.25, -0.2) is 0 Å². The van der Waals surface area contributed by atoms with Crippen LogP contribution < -0.4 is 20.1 Å². The quantitative estimate of drug-likeness (QED) is 0.454. The summed E-state index contributed by atoms with van der Waals surface area (Å²) in [6.07, 6.45) is 0. The number of nitrogens with one attached hydrogen (secondary N) is 2. The molecule has 0 fully saturated rings. The first-order valence-electron chi connectivity index (χ1n) is 9.77. The van der Waals surface area contributed by atoms with E-state index in [0.29, 0.717) is 30.4 Å². The summed E-state index contributed by atoms with van der Waals surface area (Å²) in [6, 6.07) is 24.8. The summed E-state index contributed by atoms with van der Waals surface area (Å²) in [5.74, 6) is 1.13. The highest BCUT2D eigenvalue weighted by Gasteiger charge is 2.09. The zero-order chi connectivity index (χ0) is 21.2. The minimum absolute atomic E-state index is 0.0977. The van der Waals surface area contributed by atoms with Crippen LogP contribution in [-0.2, 0) is 11.4 Å². The Hall–Kier alpha value is -3.73. The Morgan fingerprint density at radius 3 is 2.13 bits per heavy atom. The molecule has 0 aliphatic carbocycles. The molecule has 1 amide bonds. The number of benzene rings is 3. The molecule has 0 aliphatic heterocycles. The molecule has 0 spiro atoms. The second-order valence-corrected chi connectivity index (χ2v) is 6.91.